The lowest BCUT2D eigenvalue weighted by molar-refractivity contribution is 0.788. The van der Waals surface area contributed by atoms with Crippen molar-refractivity contribution in [3.05, 3.63) is 54.5 Å². The highest BCUT2D eigenvalue weighted by Crippen LogP contribution is 2.20. The molecule has 1 aromatic carbocycles. The van der Waals surface area contributed by atoms with Crippen molar-refractivity contribution < 1.29 is 0 Å². The molecule has 0 saturated heterocycles. The van der Waals surface area contributed by atoms with Gasteiger partial charge in [-0.25, -0.2) is 9.97 Å². The molecule has 0 aliphatic carbocycles. The van der Waals surface area contributed by atoms with Crippen molar-refractivity contribution in [2.45, 2.75) is 6.54 Å². The van der Waals surface area contributed by atoms with E-state index in [9.17, 15) is 0 Å². The average molecular weight is 250 g/mol. The van der Waals surface area contributed by atoms with Crippen molar-refractivity contribution in [3.63, 3.8) is 0 Å². The largest absolute Gasteiger partial charge is 0.314 e. The summed E-state index contributed by atoms with van der Waals surface area (Å²) in [6.07, 6.45) is 3.59. The van der Waals surface area contributed by atoms with Crippen molar-refractivity contribution in [2.24, 2.45) is 0 Å². The smallest absolute Gasteiger partial charge is 0.159 e. The molecule has 0 spiro atoms. The zero-order valence-electron chi connectivity index (χ0n) is 10.7. The Kier molecular flexibility index (Phi) is 3.16. The number of hydrogen-bond donors (Lipinski definition) is 1. The minimum Gasteiger partial charge on any atom is -0.314 e. The lowest BCUT2D eigenvalue weighted by atomic mass is 10.1. The van der Waals surface area contributed by atoms with Gasteiger partial charge in [0.15, 0.2) is 5.82 Å². The van der Waals surface area contributed by atoms with Crippen molar-refractivity contribution in [3.8, 4) is 11.4 Å². The van der Waals surface area contributed by atoms with E-state index in [1.807, 2.05) is 37.4 Å². The van der Waals surface area contributed by atoms with Crippen LogP contribution in [0.4, 0.5) is 0 Å². The van der Waals surface area contributed by atoms with E-state index in [1.54, 1.807) is 12.4 Å². The molecule has 2 heterocycles. The number of pyridine rings is 1. The maximum Gasteiger partial charge on any atom is 0.159 e. The van der Waals surface area contributed by atoms with E-state index in [1.165, 1.54) is 0 Å². The third kappa shape index (κ3) is 2.44. The number of nitrogens with one attached hydrogen (secondary N) is 1. The second-order valence-corrected chi connectivity index (χ2v) is 4.31. The highest BCUT2D eigenvalue weighted by molar-refractivity contribution is 5.82. The van der Waals surface area contributed by atoms with Crippen molar-refractivity contribution in [2.75, 3.05) is 7.05 Å². The molecule has 0 atom stereocenters. The quantitative estimate of drug-likeness (QED) is 0.775. The number of aromatic nitrogens is 3. The van der Waals surface area contributed by atoms with Gasteiger partial charge in [0.1, 0.15) is 0 Å². The molecule has 0 amide bonds. The fraction of sp³-hybridized carbons (Fsp3) is 0.133. The predicted molar refractivity (Wildman–Crippen MR) is 75.5 cm³/mol. The van der Waals surface area contributed by atoms with Crippen LogP contribution < -0.4 is 5.32 Å². The molecule has 4 heteroatoms. The first-order chi connectivity index (χ1) is 9.36. The molecule has 0 saturated carbocycles. The molecule has 3 aromatic rings. The van der Waals surface area contributed by atoms with E-state index in [2.05, 4.69) is 26.3 Å². The van der Waals surface area contributed by atoms with Gasteiger partial charge in [0.05, 0.1) is 11.2 Å². The molecule has 1 N–H and O–H groups in total. The molecular formula is C15H14N4. The van der Waals surface area contributed by atoms with Crippen LogP contribution in [-0.2, 0) is 6.54 Å². The van der Waals surface area contributed by atoms with Crippen LogP contribution in [0.15, 0.2) is 48.8 Å². The highest BCUT2D eigenvalue weighted by atomic mass is 14.9. The molecule has 0 fully saturated rings. The first kappa shape index (κ1) is 11.7. The van der Waals surface area contributed by atoms with E-state index >= 15 is 0 Å². The van der Waals surface area contributed by atoms with Crippen LogP contribution in [0, 0.1) is 0 Å². The van der Waals surface area contributed by atoms with Crippen LogP contribution in [0.3, 0.4) is 0 Å². The van der Waals surface area contributed by atoms with Crippen LogP contribution in [0.5, 0.6) is 0 Å². The summed E-state index contributed by atoms with van der Waals surface area (Å²) in [4.78, 5) is 13.2. The average Bonchev–Trinajstić information content (AvgIpc) is 2.47. The van der Waals surface area contributed by atoms with E-state index in [0.717, 1.165) is 34.5 Å². The second kappa shape index (κ2) is 5.12. The van der Waals surface area contributed by atoms with Gasteiger partial charge in [-0.1, -0.05) is 6.07 Å². The minimum absolute atomic E-state index is 0.741. The summed E-state index contributed by atoms with van der Waals surface area (Å²) < 4.78 is 0. The van der Waals surface area contributed by atoms with E-state index in [-0.39, 0.29) is 0 Å². The lowest BCUT2D eigenvalue weighted by Crippen LogP contribution is -2.07. The summed E-state index contributed by atoms with van der Waals surface area (Å²) in [7, 11) is 1.91. The molecule has 0 unspecified atom stereocenters. The summed E-state index contributed by atoms with van der Waals surface area (Å²) in [5.41, 5.74) is 2.98. The van der Waals surface area contributed by atoms with Gasteiger partial charge in [-0.15, -0.1) is 0 Å². The Hall–Kier alpha value is -2.33. The Morgan fingerprint density at radius 2 is 2.00 bits per heavy atom. The zero-order chi connectivity index (χ0) is 13.1. The highest BCUT2D eigenvalue weighted by Gasteiger charge is 2.04. The third-order valence-electron chi connectivity index (χ3n) is 2.93. The summed E-state index contributed by atoms with van der Waals surface area (Å²) in [6.45, 7) is 0.741. The second-order valence-electron chi connectivity index (χ2n) is 4.31. The molecule has 0 radical (unpaired) electrons. The Balaban J connectivity index is 2.05. The van der Waals surface area contributed by atoms with Gasteiger partial charge in [-0.05, 0) is 37.4 Å². The molecule has 4 nitrogen and oxygen atoms in total. The van der Waals surface area contributed by atoms with Gasteiger partial charge in [-0.3, -0.25) is 4.98 Å². The normalized spacial score (nSPS) is 10.8. The molecule has 94 valence electrons. The van der Waals surface area contributed by atoms with E-state index < -0.39 is 0 Å². The molecule has 19 heavy (non-hydrogen) atoms. The van der Waals surface area contributed by atoms with Crippen molar-refractivity contribution in [1.82, 2.24) is 20.3 Å². The zero-order valence-corrected chi connectivity index (χ0v) is 10.7. The maximum atomic E-state index is 4.55. The van der Waals surface area contributed by atoms with Gasteiger partial charge in [0, 0.05) is 29.9 Å². The number of fused-ring (bicyclic) bond motifs is 1. The topological polar surface area (TPSA) is 50.7 Å². The summed E-state index contributed by atoms with van der Waals surface area (Å²) in [6, 6.07) is 12.0. The molecule has 0 bridgehead atoms. The van der Waals surface area contributed by atoms with Gasteiger partial charge < -0.3 is 5.32 Å². The van der Waals surface area contributed by atoms with Gasteiger partial charge >= 0.3 is 0 Å². The summed E-state index contributed by atoms with van der Waals surface area (Å²) in [5, 5.41) is 4.19. The lowest BCUT2D eigenvalue weighted by Gasteiger charge is -2.04. The predicted octanol–water partition coefficient (Wildman–Crippen LogP) is 2.41. The molecular weight excluding hydrogens is 236 g/mol. The standard InChI is InChI=1S/C15H14N4/c1-16-10-13-6-8-18-15(19-13)12-4-5-14-11(9-12)3-2-7-17-14/h2-9,16H,10H2,1H3. The van der Waals surface area contributed by atoms with Crippen LogP contribution in [0.25, 0.3) is 22.3 Å². The van der Waals surface area contributed by atoms with Crippen LogP contribution in [0.2, 0.25) is 0 Å². The SMILES string of the molecule is CNCc1ccnc(-c2ccc3ncccc3c2)n1. The first-order valence-electron chi connectivity index (χ1n) is 6.18. The monoisotopic (exact) mass is 250 g/mol. The first-order valence-corrected chi connectivity index (χ1v) is 6.18. The summed E-state index contributed by atoms with van der Waals surface area (Å²) >= 11 is 0. The van der Waals surface area contributed by atoms with Crippen LogP contribution in [0.1, 0.15) is 5.69 Å². The Morgan fingerprint density at radius 1 is 1.05 bits per heavy atom. The maximum absolute atomic E-state index is 4.55. The molecule has 0 aliphatic rings. The number of rotatable bonds is 3. The van der Waals surface area contributed by atoms with Crippen LogP contribution in [-0.4, -0.2) is 22.0 Å². The van der Waals surface area contributed by atoms with Gasteiger partial charge in [0.2, 0.25) is 0 Å². The number of hydrogen-bond acceptors (Lipinski definition) is 4. The summed E-state index contributed by atoms with van der Waals surface area (Å²) in [5.74, 6) is 0.749. The van der Waals surface area contributed by atoms with Crippen molar-refractivity contribution in [1.29, 1.82) is 0 Å². The Bertz CT molecular complexity index is 709. The van der Waals surface area contributed by atoms with E-state index in [4.69, 9.17) is 0 Å². The minimum atomic E-state index is 0.741. The van der Waals surface area contributed by atoms with Gasteiger partial charge in [-0.2, -0.15) is 0 Å². The van der Waals surface area contributed by atoms with Crippen LogP contribution >= 0.6 is 0 Å². The molecule has 2 aromatic heterocycles. The van der Waals surface area contributed by atoms with E-state index in [0.29, 0.717) is 0 Å². The third-order valence-corrected chi connectivity index (χ3v) is 2.93. The number of nitrogens with zero attached hydrogens (tertiary/aromatic N) is 3. The fourth-order valence-electron chi connectivity index (χ4n) is 2.03. The Morgan fingerprint density at radius 3 is 2.89 bits per heavy atom. The fourth-order valence-corrected chi connectivity index (χ4v) is 2.03. The van der Waals surface area contributed by atoms with Gasteiger partial charge in [0.25, 0.3) is 0 Å². The molecule has 3 rings (SSSR count). The Labute approximate surface area is 111 Å². The molecule has 0 aliphatic heterocycles. The van der Waals surface area contributed by atoms with Crippen molar-refractivity contribution >= 4 is 10.9 Å². The number of benzene rings is 1.